The molecule has 1 heterocycles. The van der Waals surface area contributed by atoms with Crippen molar-refractivity contribution in [2.24, 2.45) is 5.73 Å². The van der Waals surface area contributed by atoms with Gasteiger partial charge in [0.1, 0.15) is 4.99 Å². The summed E-state index contributed by atoms with van der Waals surface area (Å²) in [6.07, 6.45) is 0. The number of anilines is 2. The smallest absolute Gasteiger partial charge is 0.163 e. The lowest BCUT2D eigenvalue weighted by Gasteiger charge is -2.15. The second-order valence-corrected chi connectivity index (χ2v) is 6.41. The van der Waals surface area contributed by atoms with Gasteiger partial charge in [0, 0.05) is 9.50 Å². The normalized spacial score (nSPS) is 10.5. The number of nitrogens with two attached hydrogens (primary N) is 1. The monoisotopic (exact) mass is 384 g/mol. The Labute approximate surface area is 142 Å². The standard InChI is InChI=1S/C14H14BrClN4S/c1-6-4-9(15)11(5-10(6)16)18-14-12(13(17)21)7(2)8(3)19-20-14/h4-5H,1-3H3,(H2,17,21)(H,18,20). The van der Waals surface area contributed by atoms with Crippen LogP contribution in [0.1, 0.15) is 22.4 Å². The summed E-state index contributed by atoms with van der Waals surface area (Å²) in [5, 5.41) is 12.1. The summed E-state index contributed by atoms with van der Waals surface area (Å²) in [7, 11) is 0. The van der Waals surface area contributed by atoms with E-state index in [1.54, 1.807) is 0 Å². The minimum absolute atomic E-state index is 0.280. The first kappa shape index (κ1) is 16.1. The van der Waals surface area contributed by atoms with Crippen LogP contribution in [-0.2, 0) is 0 Å². The molecule has 7 heteroatoms. The predicted octanol–water partition coefficient (Wildman–Crippen LogP) is 4.20. The second-order valence-electron chi connectivity index (χ2n) is 4.70. The van der Waals surface area contributed by atoms with Gasteiger partial charge in [0.2, 0.25) is 0 Å². The van der Waals surface area contributed by atoms with E-state index in [0.717, 1.165) is 27.0 Å². The molecule has 0 saturated carbocycles. The summed E-state index contributed by atoms with van der Waals surface area (Å²) in [6.45, 7) is 5.72. The number of nitrogens with zero attached hydrogens (tertiary/aromatic N) is 2. The van der Waals surface area contributed by atoms with Gasteiger partial charge >= 0.3 is 0 Å². The van der Waals surface area contributed by atoms with Crippen molar-refractivity contribution in [2.45, 2.75) is 20.8 Å². The van der Waals surface area contributed by atoms with E-state index in [-0.39, 0.29) is 4.99 Å². The van der Waals surface area contributed by atoms with E-state index in [1.165, 1.54) is 0 Å². The Bertz CT molecular complexity index is 733. The fourth-order valence-electron chi connectivity index (χ4n) is 1.87. The Hall–Kier alpha value is -1.24. The highest BCUT2D eigenvalue weighted by Crippen LogP contribution is 2.32. The lowest BCUT2D eigenvalue weighted by molar-refractivity contribution is 0.963. The fraction of sp³-hybridized carbons (Fsp3) is 0.214. The largest absolute Gasteiger partial charge is 0.389 e. The van der Waals surface area contributed by atoms with E-state index >= 15 is 0 Å². The molecule has 3 N–H and O–H groups in total. The van der Waals surface area contributed by atoms with Crippen molar-refractivity contribution in [1.82, 2.24) is 10.2 Å². The zero-order valence-corrected chi connectivity index (χ0v) is 14.9. The molecule has 4 nitrogen and oxygen atoms in total. The zero-order chi connectivity index (χ0) is 15.7. The molecule has 110 valence electrons. The van der Waals surface area contributed by atoms with Crippen LogP contribution in [0.15, 0.2) is 16.6 Å². The maximum atomic E-state index is 6.16. The van der Waals surface area contributed by atoms with Crippen LogP contribution < -0.4 is 11.1 Å². The summed E-state index contributed by atoms with van der Waals surface area (Å²) in [6, 6.07) is 3.75. The molecule has 0 saturated heterocycles. The minimum atomic E-state index is 0.280. The lowest BCUT2D eigenvalue weighted by Crippen LogP contribution is -2.17. The Kier molecular flexibility index (Phi) is 4.81. The van der Waals surface area contributed by atoms with Crippen molar-refractivity contribution in [3.05, 3.63) is 44.0 Å². The number of hydrogen-bond acceptors (Lipinski definition) is 4. The van der Waals surface area contributed by atoms with Gasteiger partial charge in [0.05, 0.1) is 16.9 Å². The molecule has 0 atom stereocenters. The molecule has 0 aliphatic rings. The average Bonchev–Trinajstić information content (AvgIpc) is 2.40. The van der Waals surface area contributed by atoms with Crippen molar-refractivity contribution in [3.63, 3.8) is 0 Å². The highest BCUT2D eigenvalue weighted by atomic mass is 79.9. The van der Waals surface area contributed by atoms with Crippen molar-refractivity contribution in [1.29, 1.82) is 0 Å². The number of halogens is 2. The fourth-order valence-corrected chi connectivity index (χ4v) is 2.84. The van der Waals surface area contributed by atoms with Gasteiger partial charge in [0.15, 0.2) is 5.82 Å². The van der Waals surface area contributed by atoms with E-state index in [1.807, 2.05) is 32.9 Å². The summed E-state index contributed by atoms with van der Waals surface area (Å²) in [4.78, 5) is 0.280. The van der Waals surface area contributed by atoms with Crippen LogP contribution in [0.5, 0.6) is 0 Å². The van der Waals surface area contributed by atoms with Gasteiger partial charge < -0.3 is 11.1 Å². The molecule has 0 aliphatic heterocycles. The summed E-state index contributed by atoms with van der Waals surface area (Å²) in [5.41, 5.74) is 9.98. The van der Waals surface area contributed by atoms with Crippen molar-refractivity contribution in [3.8, 4) is 0 Å². The van der Waals surface area contributed by atoms with Gasteiger partial charge in [-0.25, -0.2) is 0 Å². The van der Waals surface area contributed by atoms with E-state index in [2.05, 4.69) is 31.4 Å². The molecule has 1 aromatic carbocycles. The molecular weight excluding hydrogens is 372 g/mol. The molecule has 2 rings (SSSR count). The third-order valence-electron chi connectivity index (χ3n) is 3.20. The van der Waals surface area contributed by atoms with E-state index < -0.39 is 0 Å². The van der Waals surface area contributed by atoms with Crippen molar-refractivity contribution in [2.75, 3.05) is 5.32 Å². The van der Waals surface area contributed by atoms with Gasteiger partial charge in [-0.05, 0) is 60.0 Å². The maximum absolute atomic E-state index is 6.16. The number of thiocarbonyl (C=S) groups is 1. The molecule has 0 amide bonds. The maximum Gasteiger partial charge on any atom is 0.163 e. The number of aromatic nitrogens is 2. The molecular formula is C14H14BrClN4S. The van der Waals surface area contributed by atoms with Crippen molar-refractivity contribution < 1.29 is 0 Å². The molecule has 0 fully saturated rings. The first-order chi connectivity index (χ1) is 9.81. The van der Waals surface area contributed by atoms with Crippen LogP contribution in [-0.4, -0.2) is 15.2 Å². The quantitative estimate of drug-likeness (QED) is 0.775. The SMILES string of the molecule is Cc1cc(Br)c(Nc2nnc(C)c(C)c2C(N)=S)cc1Cl. The molecule has 0 bridgehead atoms. The Balaban J connectivity index is 2.52. The van der Waals surface area contributed by atoms with Crippen LogP contribution >= 0.6 is 39.7 Å². The van der Waals surface area contributed by atoms with Gasteiger partial charge in [-0.15, -0.1) is 5.10 Å². The highest BCUT2D eigenvalue weighted by Gasteiger charge is 2.15. The predicted molar refractivity (Wildman–Crippen MR) is 94.6 cm³/mol. The summed E-state index contributed by atoms with van der Waals surface area (Å²) >= 11 is 14.8. The van der Waals surface area contributed by atoms with Crippen LogP contribution in [0.2, 0.25) is 5.02 Å². The number of aryl methyl sites for hydroxylation is 2. The van der Waals surface area contributed by atoms with Crippen molar-refractivity contribution >= 4 is 56.2 Å². The third-order valence-corrected chi connectivity index (χ3v) is 4.47. The molecule has 0 radical (unpaired) electrons. The zero-order valence-electron chi connectivity index (χ0n) is 11.8. The van der Waals surface area contributed by atoms with Crippen LogP contribution in [0.3, 0.4) is 0 Å². The molecule has 21 heavy (non-hydrogen) atoms. The Morgan fingerprint density at radius 1 is 1.29 bits per heavy atom. The minimum Gasteiger partial charge on any atom is -0.389 e. The highest BCUT2D eigenvalue weighted by molar-refractivity contribution is 9.10. The van der Waals surface area contributed by atoms with Gasteiger partial charge in [-0.2, -0.15) is 5.10 Å². The van der Waals surface area contributed by atoms with E-state index in [0.29, 0.717) is 16.4 Å². The first-order valence-electron chi connectivity index (χ1n) is 6.17. The molecule has 2 aromatic rings. The molecule has 0 unspecified atom stereocenters. The molecule has 1 aromatic heterocycles. The molecule has 0 spiro atoms. The topological polar surface area (TPSA) is 63.8 Å². The molecule has 0 aliphatic carbocycles. The van der Waals surface area contributed by atoms with Crippen LogP contribution in [0, 0.1) is 20.8 Å². The summed E-state index contributed by atoms with van der Waals surface area (Å²) in [5.74, 6) is 0.520. The van der Waals surface area contributed by atoms with Crippen LogP contribution in [0.4, 0.5) is 11.5 Å². The Morgan fingerprint density at radius 3 is 2.57 bits per heavy atom. The van der Waals surface area contributed by atoms with Gasteiger partial charge in [-0.3, -0.25) is 0 Å². The summed E-state index contributed by atoms with van der Waals surface area (Å²) < 4.78 is 0.873. The number of rotatable bonds is 3. The number of nitrogens with one attached hydrogen (secondary N) is 1. The lowest BCUT2D eigenvalue weighted by atomic mass is 10.1. The van der Waals surface area contributed by atoms with Crippen LogP contribution in [0.25, 0.3) is 0 Å². The van der Waals surface area contributed by atoms with E-state index in [4.69, 9.17) is 29.6 Å². The average molecular weight is 386 g/mol. The first-order valence-corrected chi connectivity index (χ1v) is 7.75. The Morgan fingerprint density at radius 2 is 1.95 bits per heavy atom. The van der Waals surface area contributed by atoms with Gasteiger partial charge in [0.25, 0.3) is 0 Å². The van der Waals surface area contributed by atoms with E-state index in [9.17, 15) is 0 Å². The number of hydrogen-bond donors (Lipinski definition) is 2. The number of benzene rings is 1. The van der Waals surface area contributed by atoms with Gasteiger partial charge in [-0.1, -0.05) is 23.8 Å². The second kappa shape index (κ2) is 6.25. The third kappa shape index (κ3) is 3.33.